The Morgan fingerprint density at radius 2 is 1.96 bits per heavy atom. The van der Waals surface area contributed by atoms with Crippen molar-refractivity contribution in [3.8, 4) is 11.4 Å². The molecule has 0 unspecified atom stereocenters. The van der Waals surface area contributed by atoms with E-state index in [-0.39, 0.29) is 17.8 Å². The molecule has 4 heterocycles. The van der Waals surface area contributed by atoms with Gasteiger partial charge in [-0.15, -0.1) is 0 Å². The number of aromatic nitrogens is 3. The first-order chi connectivity index (χ1) is 13.6. The zero-order valence-corrected chi connectivity index (χ0v) is 15.0. The molecule has 1 aliphatic heterocycles. The van der Waals surface area contributed by atoms with Crippen LogP contribution < -0.4 is 10.7 Å². The highest BCUT2D eigenvalue weighted by Crippen LogP contribution is 2.41. The van der Waals surface area contributed by atoms with Crippen LogP contribution in [0.1, 0.15) is 23.5 Å². The van der Waals surface area contributed by atoms with Crippen LogP contribution in [0.5, 0.6) is 0 Å². The summed E-state index contributed by atoms with van der Waals surface area (Å²) in [6, 6.07) is 12.7. The van der Waals surface area contributed by atoms with Gasteiger partial charge in [0.05, 0.1) is 17.3 Å². The SMILES string of the molecule is Cn1nc(-c2ccccn2)c2c1NC(=O)C[C@@H]2c1coc2ccccc2c1=O. The highest BCUT2D eigenvalue weighted by molar-refractivity contribution is 5.96. The maximum absolute atomic E-state index is 13.2. The fourth-order valence-corrected chi connectivity index (χ4v) is 3.78. The summed E-state index contributed by atoms with van der Waals surface area (Å²) >= 11 is 0. The highest BCUT2D eigenvalue weighted by Gasteiger charge is 2.35. The van der Waals surface area contributed by atoms with Crippen molar-refractivity contribution in [1.29, 1.82) is 0 Å². The van der Waals surface area contributed by atoms with Crippen molar-refractivity contribution in [2.24, 2.45) is 7.05 Å². The van der Waals surface area contributed by atoms with Gasteiger partial charge in [0, 0.05) is 36.7 Å². The third-order valence-electron chi connectivity index (χ3n) is 5.07. The smallest absolute Gasteiger partial charge is 0.226 e. The molecule has 7 heteroatoms. The average molecular weight is 372 g/mol. The second-order valence-electron chi connectivity index (χ2n) is 6.77. The predicted molar refractivity (Wildman–Crippen MR) is 104 cm³/mol. The molecule has 4 aromatic rings. The number of hydrogen-bond donors (Lipinski definition) is 1. The number of fused-ring (bicyclic) bond motifs is 2. The molecule has 5 rings (SSSR count). The fourth-order valence-electron chi connectivity index (χ4n) is 3.78. The lowest BCUT2D eigenvalue weighted by molar-refractivity contribution is -0.116. The first-order valence-electron chi connectivity index (χ1n) is 8.92. The molecule has 0 fully saturated rings. The number of rotatable bonds is 2. The topological polar surface area (TPSA) is 90.0 Å². The van der Waals surface area contributed by atoms with Gasteiger partial charge in [0.15, 0.2) is 5.43 Å². The number of para-hydroxylation sites is 1. The zero-order valence-electron chi connectivity index (χ0n) is 15.0. The molecule has 0 saturated carbocycles. The second-order valence-corrected chi connectivity index (χ2v) is 6.77. The Bertz CT molecular complexity index is 1270. The maximum Gasteiger partial charge on any atom is 0.226 e. The lowest BCUT2D eigenvalue weighted by Crippen LogP contribution is -2.27. The van der Waals surface area contributed by atoms with E-state index in [0.29, 0.717) is 33.7 Å². The van der Waals surface area contributed by atoms with Gasteiger partial charge >= 0.3 is 0 Å². The van der Waals surface area contributed by atoms with Gasteiger partial charge in [0.25, 0.3) is 0 Å². The Labute approximate surface area is 159 Å². The molecule has 3 aromatic heterocycles. The van der Waals surface area contributed by atoms with Gasteiger partial charge in [-0.2, -0.15) is 5.10 Å². The fraction of sp³-hybridized carbons (Fsp3) is 0.143. The van der Waals surface area contributed by atoms with Crippen LogP contribution in [-0.4, -0.2) is 20.7 Å². The standard InChI is InChI=1S/C21H16N4O3/c1-25-21-18(19(24-25)15-7-4-5-9-22-15)13(10-17(26)23-21)14-11-28-16-8-3-2-6-12(16)20(14)27/h2-9,11,13H,10H2,1H3,(H,23,26)/t13-/m1/s1. The van der Waals surface area contributed by atoms with Crippen LogP contribution in [0.15, 0.2) is 64.1 Å². The molecule has 138 valence electrons. The quantitative estimate of drug-likeness (QED) is 0.584. The van der Waals surface area contributed by atoms with Crippen molar-refractivity contribution in [3.05, 3.63) is 76.3 Å². The lowest BCUT2D eigenvalue weighted by atomic mass is 9.85. The van der Waals surface area contributed by atoms with E-state index in [0.717, 1.165) is 5.56 Å². The first-order valence-corrected chi connectivity index (χ1v) is 8.92. The van der Waals surface area contributed by atoms with Crippen LogP contribution in [0.3, 0.4) is 0 Å². The van der Waals surface area contributed by atoms with Crippen molar-refractivity contribution in [2.75, 3.05) is 5.32 Å². The van der Waals surface area contributed by atoms with Gasteiger partial charge < -0.3 is 9.73 Å². The van der Waals surface area contributed by atoms with E-state index in [1.54, 1.807) is 36.1 Å². The van der Waals surface area contributed by atoms with Crippen molar-refractivity contribution >= 4 is 22.7 Å². The Balaban J connectivity index is 1.77. The van der Waals surface area contributed by atoms with Crippen molar-refractivity contribution in [1.82, 2.24) is 14.8 Å². The van der Waals surface area contributed by atoms with Crippen LogP contribution in [0, 0.1) is 0 Å². The van der Waals surface area contributed by atoms with E-state index in [4.69, 9.17) is 4.42 Å². The van der Waals surface area contributed by atoms with Gasteiger partial charge in [0.2, 0.25) is 5.91 Å². The van der Waals surface area contributed by atoms with Crippen molar-refractivity contribution in [2.45, 2.75) is 12.3 Å². The van der Waals surface area contributed by atoms with Crippen LogP contribution in [-0.2, 0) is 11.8 Å². The molecule has 1 N–H and O–H groups in total. The molecule has 1 aliphatic rings. The molecule has 0 bridgehead atoms. The molecule has 0 spiro atoms. The largest absolute Gasteiger partial charge is 0.464 e. The number of carbonyl (C=O) groups excluding carboxylic acids is 1. The predicted octanol–water partition coefficient (Wildman–Crippen LogP) is 3.06. The average Bonchev–Trinajstić information content (AvgIpc) is 3.05. The Morgan fingerprint density at radius 1 is 1.14 bits per heavy atom. The molecular weight excluding hydrogens is 356 g/mol. The molecule has 1 aromatic carbocycles. The molecule has 7 nitrogen and oxygen atoms in total. The molecule has 1 amide bonds. The van der Waals surface area contributed by atoms with E-state index in [1.165, 1.54) is 6.26 Å². The van der Waals surface area contributed by atoms with E-state index in [2.05, 4.69) is 15.4 Å². The third-order valence-corrected chi connectivity index (χ3v) is 5.07. The summed E-state index contributed by atoms with van der Waals surface area (Å²) in [6.07, 6.45) is 3.30. The summed E-state index contributed by atoms with van der Waals surface area (Å²) < 4.78 is 7.32. The number of aryl methyl sites for hydroxylation is 1. The Kier molecular flexibility index (Phi) is 3.61. The summed E-state index contributed by atoms with van der Waals surface area (Å²) in [5.41, 5.74) is 2.95. The first kappa shape index (κ1) is 16.4. The summed E-state index contributed by atoms with van der Waals surface area (Å²) in [7, 11) is 1.76. The number of amides is 1. The van der Waals surface area contributed by atoms with E-state index in [1.807, 2.05) is 24.3 Å². The molecule has 0 aliphatic carbocycles. The van der Waals surface area contributed by atoms with Crippen LogP contribution in [0.25, 0.3) is 22.4 Å². The summed E-state index contributed by atoms with van der Waals surface area (Å²) in [5.74, 6) is -0.0506. The van der Waals surface area contributed by atoms with Gasteiger partial charge in [-0.25, -0.2) is 0 Å². The molecule has 0 saturated heterocycles. The summed E-state index contributed by atoms with van der Waals surface area (Å²) in [6.45, 7) is 0. The van der Waals surface area contributed by atoms with Gasteiger partial charge in [0.1, 0.15) is 17.1 Å². The summed E-state index contributed by atoms with van der Waals surface area (Å²) in [4.78, 5) is 29.9. The van der Waals surface area contributed by atoms with Crippen LogP contribution >= 0.6 is 0 Å². The minimum absolute atomic E-state index is 0.136. The van der Waals surface area contributed by atoms with E-state index >= 15 is 0 Å². The highest BCUT2D eigenvalue weighted by atomic mass is 16.3. The number of nitrogens with one attached hydrogen (secondary N) is 1. The zero-order chi connectivity index (χ0) is 19.3. The summed E-state index contributed by atoms with van der Waals surface area (Å²) in [5, 5.41) is 7.94. The van der Waals surface area contributed by atoms with E-state index < -0.39 is 5.92 Å². The number of hydrogen-bond acceptors (Lipinski definition) is 5. The van der Waals surface area contributed by atoms with Crippen molar-refractivity contribution < 1.29 is 9.21 Å². The molecule has 1 atom stereocenters. The van der Waals surface area contributed by atoms with Crippen LogP contribution in [0.4, 0.5) is 5.82 Å². The lowest BCUT2D eigenvalue weighted by Gasteiger charge is -2.23. The Hall–Kier alpha value is -3.74. The van der Waals surface area contributed by atoms with Gasteiger partial charge in [-0.3, -0.25) is 19.3 Å². The van der Waals surface area contributed by atoms with Crippen LogP contribution in [0.2, 0.25) is 0 Å². The normalized spacial score (nSPS) is 16.0. The molecule has 0 radical (unpaired) electrons. The molecular formula is C21H16N4O3. The molecule has 28 heavy (non-hydrogen) atoms. The number of benzene rings is 1. The minimum atomic E-state index is -0.463. The number of nitrogens with zero attached hydrogens (tertiary/aromatic N) is 3. The second kappa shape index (κ2) is 6.16. The maximum atomic E-state index is 13.2. The number of carbonyl (C=O) groups is 1. The van der Waals surface area contributed by atoms with Gasteiger partial charge in [-0.05, 0) is 24.3 Å². The number of pyridine rings is 1. The third kappa shape index (κ3) is 2.44. The van der Waals surface area contributed by atoms with Crippen molar-refractivity contribution in [3.63, 3.8) is 0 Å². The van der Waals surface area contributed by atoms with E-state index in [9.17, 15) is 9.59 Å². The monoisotopic (exact) mass is 372 g/mol. The Morgan fingerprint density at radius 3 is 2.79 bits per heavy atom. The number of anilines is 1. The van der Waals surface area contributed by atoms with Gasteiger partial charge in [-0.1, -0.05) is 18.2 Å². The minimum Gasteiger partial charge on any atom is -0.464 e.